The van der Waals surface area contributed by atoms with Gasteiger partial charge in [0, 0.05) is 18.3 Å². The Morgan fingerprint density at radius 3 is 2.62 bits per heavy atom. The summed E-state index contributed by atoms with van der Waals surface area (Å²) < 4.78 is 0. The number of rotatable bonds is 7. The van der Waals surface area contributed by atoms with Crippen LogP contribution >= 0.6 is 0 Å². The molecule has 0 saturated heterocycles. The van der Waals surface area contributed by atoms with Crippen molar-refractivity contribution in [2.45, 2.75) is 26.8 Å². The molecule has 0 fully saturated rings. The van der Waals surface area contributed by atoms with Crippen LogP contribution in [0, 0.1) is 0 Å². The monoisotopic (exact) mass is 292 g/mol. The van der Waals surface area contributed by atoms with Crippen molar-refractivity contribution in [1.29, 1.82) is 0 Å². The Balaban J connectivity index is 2.75. The van der Waals surface area contributed by atoms with Gasteiger partial charge in [-0.05, 0) is 38.1 Å². The van der Waals surface area contributed by atoms with E-state index in [1.165, 1.54) is 4.90 Å². The summed E-state index contributed by atoms with van der Waals surface area (Å²) in [6, 6.07) is 7.51. The van der Waals surface area contributed by atoms with Gasteiger partial charge in [-0.15, -0.1) is 0 Å². The van der Waals surface area contributed by atoms with Crippen LogP contribution in [0.15, 0.2) is 24.3 Å². The van der Waals surface area contributed by atoms with Gasteiger partial charge in [0.2, 0.25) is 5.91 Å². The first kappa shape index (κ1) is 17.0. The molecule has 0 bridgehead atoms. The van der Waals surface area contributed by atoms with Crippen LogP contribution in [-0.4, -0.2) is 36.5 Å². The molecule has 0 aliphatic rings. The van der Waals surface area contributed by atoms with Crippen LogP contribution in [0.25, 0.3) is 0 Å². The van der Waals surface area contributed by atoms with Crippen LogP contribution in [0.3, 0.4) is 0 Å². The molecule has 3 amide bonds. The fourth-order valence-corrected chi connectivity index (χ4v) is 2.03. The third-order valence-corrected chi connectivity index (χ3v) is 3.16. The summed E-state index contributed by atoms with van der Waals surface area (Å²) in [6.07, 6.45) is 0. The largest absolute Gasteiger partial charge is 0.368 e. The van der Waals surface area contributed by atoms with Gasteiger partial charge in [0.15, 0.2) is 0 Å². The van der Waals surface area contributed by atoms with Gasteiger partial charge in [-0.2, -0.15) is 0 Å². The standard InChI is InChI=1S/C15H24N4O2/c1-4-17-11(3)12-7-6-8-13(9-12)18-15(21)19(5-2)10-14(16)20/h6-9,11,17H,4-5,10H2,1-3H3,(H2,16,20)(H,18,21). The van der Waals surface area contributed by atoms with E-state index in [-0.39, 0.29) is 18.6 Å². The average molecular weight is 292 g/mol. The number of likely N-dealkylation sites (N-methyl/N-ethyl adjacent to an activating group) is 1. The maximum atomic E-state index is 12.1. The minimum atomic E-state index is -0.526. The quantitative estimate of drug-likeness (QED) is 0.714. The van der Waals surface area contributed by atoms with Crippen molar-refractivity contribution in [3.63, 3.8) is 0 Å². The molecular weight excluding hydrogens is 268 g/mol. The number of nitrogens with two attached hydrogens (primary N) is 1. The summed E-state index contributed by atoms with van der Waals surface area (Å²) >= 11 is 0. The number of urea groups is 1. The highest BCUT2D eigenvalue weighted by Crippen LogP contribution is 2.17. The predicted molar refractivity (Wildman–Crippen MR) is 84.0 cm³/mol. The fraction of sp³-hybridized carbons (Fsp3) is 0.467. The highest BCUT2D eigenvalue weighted by molar-refractivity contribution is 5.92. The second-order valence-electron chi connectivity index (χ2n) is 4.82. The molecule has 1 atom stereocenters. The van der Waals surface area contributed by atoms with Crippen LogP contribution < -0.4 is 16.4 Å². The van der Waals surface area contributed by atoms with Crippen molar-refractivity contribution in [3.05, 3.63) is 29.8 Å². The lowest BCUT2D eigenvalue weighted by molar-refractivity contribution is -0.118. The van der Waals surface area contributed by atoms with Gasteiger partial charge in [0.25, 0.3) is 0 Å². The Labute approximate surface area is 125 Å². The zero-order chi connectivity index (χ0) is 15.8. The Morgan fingerprint density at radius 2 is 2.05 bits per heavy atom. The molecule has 21 heavy (non-hydrogen) atoms. The van der Waals surface area contributed by atoms with Gasteiger partial charge in [-0.25, -0.2) is 4.79 Å². The van der Waals surface area contributed by atoms with E-state index < -0.39 is 5.91 Å². The Bertz CT molecular complexity index is 490. The highest BCUT2D eigenvalue weighted by atomic mass is 16.2. The summed E-state index contributed by atoms with van der Waals surface area (Å²) in [5, 5.41) is 6.11. The molecule has 116 valence electrons. The molecule has 1 rings (SSSR count). The van der Waals surface area contributed by atoms with Crippen LogP contribution in [0.4, 0.5) is 10.5 Å². The molecule has 6 nitrogen and oxygen atoms in total. The minimum absolute atomic E-state index is 0.0875. The van der Waals surface area contributed by atoms with E-state index in [0.29, 0.717) is 12.2 Å². The van der Waals surface area contributed by atoms with Gasteiger partial charge >= 0.3 is 6.03 Å². The summed E-state index contributed by atoms with van der Waals surface area (Å²) in [5.74, 6) is -0.526. The topological polar surface area (TPSA) is 87.5 Å². The van der Waals surface area contributed by atoms with E-state index in [0.717, 1.165) is 12.1 Å². The number of benzene rings is 1. The lowest BCUT2D eigenvalue weighted by atomic mass is 10.1. The van der Waals surface area contributed by atoms with Crippen LogP contribution in [0.2, 0.25) is 0 Å². The normalized spacial score (nSPS) is 11.8. The zero-order valence-electron chi connectivity index (χ0n) is 12.8. The third kappa shape index (κ3) is 5.43. The number of hydrogen-bond acceptors (Lipinski definition) is 3. The van der Waals surface area contributed by atoms with Crippen molar-refractivity contribution in [1.82, 2.24) is 10.2 Å². The number of carbonyl (C=O) groups is 2. The average Bonchev–Trinajstić information content (AvgIpc) is 2.45. The number of amides is 3. The van der Waals surface area contributed by atoms with Crippen molar-refractivity contribution < 1.29 is 9.59 Å². The third-order valence-electron chi connectivity index (χ3n) is 3.16. The molecule has 0 radical (unpaired) electrons. The summed E-state index contributed by atoms with van der Waals surface area (Å²) in [4.78, 5) is 24.4. The number of primary amides is 1. The first-order valence-electron chi connectivity index (χ1n) is 7.15. The number of nitrogens with one attached hydrogen (secondary N) is 2. The first-order valence-corrected chi connectivity index (χ1v) is 7.15. The van der Waals surface area contributed by atoms with Crippen LogP contribution in [0.1, 0.15) is 32.4 Å². The van der Waals surface area contributed by atoms with Crippen molar-refractivity contribution in [2.75, 3.05) is 25.0 Å². The van der Waals surface area contributed by atoms with Crippen LogP contribution in [-0.2, 0) is 4.79 Å². The molecule has 1 unspecified atom stereocenters. The molecule has 0 spiro atoms. The molecule has 0 saturated carbocycles. The predicted octanol–water partition coefficient (Wildman–Crippen LogP) is 1.70. The Morgan fingerprint density at radius 1 is 1.33 bits per heavy atom. The van der Waals surface area contributed by atoms with E-state index in [9.17, 15) is 9.59 Å². The molecular formula is C15H24N4O2. The number of carbonyl (C=O) groups excluding carboxylic acids is 2. The van der Waals surface area contributed by atoms with Gasteiger partial charge in [0.05, 0.1) is 0 Å². The second kappa shape index (κ2) is 8.26. The number of anilines is 1. The summed E-state index contributed by atoms with van der Waals surface area (Å²) in [6.45, 7) is 7.12. The van der Waals surface area contributed by atoms with Crippen molar-refractivity contribution in [2.24, 2.45) is 5.73 Å². The molecule has 0 aliphatic carbocycles. The lowest BCUT2D eigenvalue weighted by Crippen LogP contribution is -2.40. The van der Waals surface area contributed by atoms with Gasteiger partial charge in [-0.1, -0.05) is 19.1 Å². The van der Waals surface area contributed by atoms with E-state index in [1.807, 2.05) is 31.2 Å². The maximum Gasteiger partial charge on any atom is 0.322 e. The van der Waals surface area contributed by atoms with Gasteiger partial charge in [0.1, 0.15) is 6.54 Å². The highest BCUT2D eigenvalue weighted by Gasteiger charge is 2.14. The van der Waals surface area contributed by atoms with Crippen molar-refractivity contribution in [3.8, 4) is 0 Å². The number of nitrogens with zero attached hydrogens (tertiary/aromatic N) is 1. The van der Waals surface area contributed by atoms with E-state index in [4.69, 9.17) is 5.73 Å². The minimum Gasteiger partial charge on any atom is -0.368 e. The summed E-state index contributed by atoms with van der Waals surface area (Å²) in [7, 11) is 0. The van der Waals surface area contributed by atoms with E-state index >= 15 is 0 Å². The molecule has 0 aromatic heterocycles. The second-order valence-corrected chi connectivity index (χ2v) is 4.82. The SMILES string of the molecule is CCNC(C)c1cccc(NC(=O)N(CC)CC(N)=O)c1. The molecule has 1 aromatic rings. The Hall–Kier alpha value is -2.08. The van der Waals surface area contributed by atoms with Crippen molar-refractivity contribution >= 4 is 17.6 Å². The van der Waals surface area contributed by atoms with Gasteiger partial charge < -0.3 is 21.3 Å². The molecule has 1 aromatic carbocycles. The maximum absolute atomic E-state index is 12.1. The van der Waals surface area contributed by atoms with Crippen LogP contribution in [0.5, 0.6) is 0 Å². The molecule has 4 N–H and O–H groups in total. The molecule has 0 heterocycles. The van der Waals surface area contributed by atoms with E-state index in [2.05, 4.69) is 17.6 Å². The van der Waals surface area contributed by atoms with E-state index in [1.54, 1.807) is 6.92 Å². The number of hydrogen-bond donors (Lipinski definition) is 3. The first-order chi connectivity index (χ1) is 9.97. The van der Waals surface area contributed by atoms with Gasteiger partial charge in [-0.3, -0.25) is 4.79 Å². The smallest absolute Gasteiger partial charge is 0.322 e. The molecule has 0 aliphatic heterocycles. The molecule has 6 heteroatoms. The Kier molecular flexibility index (Phi) is 6.68. The lowest BCUT2D eigenvalue weighted by Gasteiger charge is -2.20. The summed E-state index contributed by atoms with van der Waals surface area (Å²) in [5.41, 5.74) is 6.92. The zero-order valence-corrected chi connectivity index (χ0v) is 12.8. The fourth-order valence-electron chi connectivity index (χ4n) is 2.03.